The molecule has 0 aromatic carbocycles. The molecule has 0 fully saturated rings. The molecule has 0 amide bonds. The van der Waals surface area contributed by atoms with Crippen molar-refractivity contribution >= 4 is 0 Å². The van der Waals surface area contributed by atoms with E-state index in [2.05, 4.69) is 6.92 Å². The molecule has 0 rings (SSSR count). The van der Waals surface area contributed by atoms with Gasteiger partial charge in [0.2, 0.25) is 6.43 Å². The molecule has 1 atom stereocenters. The molecule has 0 saturated heterocycles. The van der Waals surface area contributed by atoms with Crippen LogP contribution in [0.1, 0.15) is 46.0 Å². The van der Waals surface area contributed by atoms with E-state index in [1.54, 1.807) is 6.92 Å². The number of hydrogen-bond acceptors (Lipinski definition) is 0. The maximum Gasteiger partial charge on any atom is 0.241 e. The van der Waals surface area contributed by atoms with Crippen molar-refractivity contribution in [3.63, 3.8) is 0 Å². The van der Waals surface area contributed by atoms with Gasteiger partial charge in [-0.25, -0.2) is 8.78 Å². The molecule has 0 saturated carbocycles. The predicted molar refractivity (Wildman–Crippen MR) is 43.9 cm³/mol. The third-order valence-electron chi connectivity index (χ3n) is 1.94. The van der Waals surface area contributed by atoms with Crippen molar-refractivity contribution in [1.29, 1.82) is 0 Å². The van der Waals surface area contributed by atoms with Gasteiger partial charge < -0.3 is 0 Å². The topological polar surface area (TPSA) is 0 Å². The van der Waals surface area contributed by atoms with Crippen LogP contribution < -0.4 is 0 Å². The Morgan fingerprint density at radius 2 is 1.73 bits per heavy atom. The van der Waals surface area contributed by atoms with Crippen molar-refractivity contribution in [2.45, 2.75) is 52.4 Å². The van der Waals surface area contributed by atoms with Gasteiger partial charge in [0.05, 0.1) is 0 Å². The average molecular weight is 164 g/mol. The van der Waals surface area contributed by atoms with Crippen LogP contribution in [0.4, 0.5) is 8.78 Å². The van der Waals surface area contributed by atoms with Gasteiger partial charge in [0.1, 0.15) is 0 Å². The van der Waals surface area contributed by atoms with E-state index in [9.17, 15) is 8.78 Å². The van der Waals surface area contributed by atoms with Crippen LogP contribution in [0.2, 0.25) is 0 Å². The molecule has 0 aliphatic carbocycles. The lowest BCUT2D eigenvalue weighted by molar-refractivity contribution is 0.0805. The molecule has 0 bridgehead atoms. The van der Waals surface area contributed by atoms with E-state index in [0.717, 1.165) is 12.8 Å². The molecular formula is C9H18F2. The summed E-state index contributed by atoms with van der Waals surface area (Å²) in [5.41, 5.74) is 0. The molecule has 0 aliphatic rings. The summed E-state index contributed by atoms with van der Waals surface area (Å²) in [7, 11) is 0. The summed E-state index contributed by atoms with van der Waals surface area (Å²) in [6.07, 6.45) is 2.96. The lowest BCUT2D eigenvalue weighted by atomic mass is 10.0. The Bertz CT molecular complexity index is 81.6. The molecule has 68 valence electrons. The van der Waals surface area contributed by atoms with Gasteiger partial charge in [-0.3, -0.25) is 0 Å². The van der Waals surface area contributed by atoms with Crippen molar-refractivity contribution in [2.75, 3.05) is 0 Å². The van der Waals surface area contributed by atoms with Crippen molar-refractivity contribution in [3.8, 4) is 0 Å². The maximum absolute atomic E-state index is 11.9. The second-order valence-electron chi connectivity index (χ2n) is 3.16. The standard InChI is InChI=1S/C9H18F2/c1-3-4-5-6-7-8(2)9(10)11/h8-9H,3-7H2,1-2H3. The zero-order chi connectivity index (χ0) is 8.69. The minimum atomic E-state index is -2.13. The number of rotatable bonds is 6. The van der Waals surface area contributed by atoms with Gasteiger partial charge in [-0.1, -0.05) is 39.5 Å². The van der Waals surface area contributed by atoms with E-state index >= 15 is 0 Å². The first-order valence-electron chi connectivity index (χ1n) is 4.46. The van der Waals surface area contributed by atoms with E-state index < -0.39 is 12.3 Å². The third kappa shape index (κ3) is 6.27. The maximum atomic E-state index is 11.9. The molecule has 1 unspecified atom stereocenters. The summed E-state index contributed by atoms with van der Waals surface area (Å²) in [5, 5.41) is 0. The second-order valence-corrected chi connectivity index (χ2v) is 3.16. The fourth-order valence-corrected chi connectivity index (χ4v) is 1.02. The fourth-order valence-electron chi connectivity index (χ4n) is 1.02. The predicted octanol–water partition coefficient (Wildman–Crippen LogP) is 3.86. The van der Waals surface area contributed by atoms with Crippen molar-refractivity contribution in [1.82, 2.24) is 0 Å². The molecular weight excluding hydrogens is 146 g/mol. The SMILES string of the molecule is CCCCCCC(C)C(F)F. The highest BCUT2D eigenvalue weighted by Crippen LogP contribution is 2.16. The Kier molecular flexibility index (Phi) is 6.48. The summed E-state index contributed by atoms with van der Waals surface area (Å²) < 4.78 is 23.9. The largest absolute Gasteiger partial charge is 0.241 e. The Morgan fingerprint density at radius 3 is 2.18 bits per heavy atom. The van der Waals surface area contributed by atoms with Gasteiger partial charge in [0, 0.05) is 5.92 Å². The van der Waals surface area contributed by atoms with Gasteiger partial charge in [0.25, 0.3) is 0 Å². The van der Waals surface area contributed by atoms with E-state index in [1.807, 2.05) is 0 Å². The van der Waals surface area contributed by atoms with Gasteiger partial charge in [-0.05, 0) is 6.42 Å². The number of halogens is 2. The molecule has 0 aromatic heterocycles. The first-order chi connectivity index (χ1) is 5.18. The molecule has 0 N–H and O–H groups in total. The minimum absolute atomic E-state index is 0.410. The summed E-state index contributed by atoms with van der Waals surface area (Å²) in [6, 6.07) is 0. The fraction of sp³-hybridized carbons (Fsp3) is 1.00. The highest BCUT2D eigenvalue weighted by Gasteiger charge is 2.12. The molecule has 0 aromatic rings. The second kappa shape index (κ2) is 6.56. The van der Waals surface area contributed by atoms with E-state index in [-0.39, 0.29) is 0 Å². The normalized spacial score (nSPS) is 13.9. The molecule has 0 nitrogen and oxygen atoms in total. The van der Waals surface area contributed by atoms with Crippen LogP contribution >= 0.6 is 0 Å². The highest BCUT2D eigenvalue weighted by molar-refractivity contribution is 4.54. The third-order valence-corrected chi connectivity index (χ3v) is 1.94. The smallest absolute Gasteiger partial charge is 0.210 e. The van der Waals surface area contributed by atoms with Gasteiger partial charge >= 0.3 is 0 Å². The minimum Gasteiger partial charge on any atom is -0.210 e. The lowest BCUT2D eigenvalue weighted by Crippen LogP contribution is -2.05. The first-order valence-corrected chi connectivity index (χ1v) is 4.46. The monoisotopic (exact) mass is 164 g/mol. The Morgan fingerprint density at radius 1 is 1.09 bits per heavy atom. The zero-order valence-corrected chi connectivity index (χ0v) is 7.45. The lowest BCUT2D eigenvalue weighted by Gasteiger charge is -2.08. The first kappa shape index (κ1) is 10.9. The van der Waals surface area contributed by atoms with Crippen LogP contribution in [0, 0.1) is 5.92 Å². The highest BCUT2D eigenvalue weighted by atomic mass is 19.3. The van der Waals surface area contributed by atoms with Crippen LogP contribution in [0.25, 0.3) is 0 Å². The molecule has 2 heteroatoms. The molecule has 0 heterocycles. The van der Waals surface area contributed by atoms with E-state index in [4.69, 9.17) is 0 Å². The van der Waals surface area contributed by atoms with Crippen molar-refractivity contribution in [2.24, 2.45) is 5.92 Å². The van der Waals surface area contributed by atoms with E-state index in [0.29, 0.717) is 6.42 Å². The Labute approximate surface area is 68.0 Å². The number of unbranched alkanes of at least 4 members (excludes halogenated alkanes) is 3. The van der Waals surface area contributed by atoms with E-state index in [1.165, 1.54) is 12.8 Å². The van der Waals surface area contributed by atoms with Crippen LogP contribution in [-0.4, -0.2) is 6.43 Å². The zero-order valence-electron chi connectivity index (χ0n) is 7.45. The van der Waals surface area contributed by atoms with Gasteiger partial charge in [-0.15, -0.1) is 0 Å². The quantitative estimate of drug-likeness (QED) is 0.523. The van der Waals surface area contributed by atoms with Crippen molar-refractivity contribution in [3.05, 3.63) is 0 Å². The molecule has 0 aliphatic heterocycles. The summed E-state index contributed by atoms with van der Waals surface area (Å²) in [4.78, 5) is 0. The molecule has 11 heavy (non-hydrogen) atoms. The molecule has 0 spiro atoms. The van der Waals surface area contributed by atoms with Crippen molar-refractivity contribution < 1.29 is 8.78 Å². The summed E-state index contributed by atoms with van der Waals surface area (Å²) >= 11 is 0. The van der Waals surface area contributed by atoms with Crippen LogP contribution in [0.15, 0.2) is 0 Å². The van der Waals surface area contributed by atoms with Crippen LogP contribution in [0.5, 0.6) is 0 Å². The van der Waals surface area contributed by atoms with Crippen LogP contribution in [-0.2, 0) is 0 Å². The average Bonchev–Trinajstić information content (AvgIpc) is 1.97. The Hall–Kier alpha value is -0.140. The summed E-state index contributed by atoms with van der Waals surface area (Å²) in [5.74, 6) is -0.410. The van der Waals surface area contributed by atoms with Gasteiger partial charge in [0.15, 0.2) is 0 Å². The van der Waals surface area contributed by atoms with Crippen LogP contribution in [0.3, 0.4) is 0 Å². The van der Waals surface area contributed by atoms with Gasteiger partial charge in [-0.2, -0.15) is 0 Å². The number of alkyl halides is 2. The number of hydrogen-bond donors (Lipinski definition) is 0. The Balaban J connectivity index is 3.10. The molecule has 0 radical (unpaired) electrons. The summed E-state index contributed by atoms with van der Waals surface area (Å²) in [6.45, 7) is 3.74.